The van der Waals surface area contributed by atoms with Gasteiger partial charge in [-0.2, -0.15) is 0 Å². The Hall–Kier alpha value is -7.58. The third-order valence-electron chi connectivity index (χ3n) is 11.4. The second-order valence-corrected chi connectivity index (χ2v) is 16.7. The molecule has 8 nitrogen and oxygen atoms in total. The van der Waals surface area contributed by atoms with Crippen LogP contribution >= 0.6 is 0 Å². The molecule has 1 aliphatic rings. The van der Waals surface area contributed by atoms with Gasteiger partial charge in [-0.25, -0.2) is 9.59 Å². The van der Waals surface area contributed by atoms with E-state index in [1.807, 2.05) is 125 Å². The van der Waals surface area contributed by atoms with E-state index in [4.69, 9.17) is 9.47 Å². The maximum atomic E-state index is 12.6. The lowest BCUT2D eigenvalue weighted by Crippen LogP contribution is -2.51. The van der Waals surface area contributed by atoms with Crippen molar-refractivity contribution in [3.63, 3.8) is 0 Å². The van der Waals surface area contributed by atoms with Crippen LogP contribution in [0.4, 0.5) is 0 Å². The Morgan fingerprint density at radius 3 is 0.765 bits per heavy atom. The summed E-state index contributed by atoms with van der Waals surface area (Å²) < 4.78 is 19.1. The number of methoxy groups -OCH3 is 4. The normalized spacial score (nSPS) is 15.9. The molecule has 8 heteroatoms. The van der Waals surface area contributed by atoms with Crippen LogP contribution < -0.4 is 0 Å². The summed E-state index contributed by atoms with van der Waals surface area (Å²) in [5.74, 6) is -2.56. The lowest BCUT2D eigenvalue weighted by atomic mass is 9.52. The van der Waals surface area contributed by atoms with E-state index >= 15 is 0 Å². The molecule has 0 saturated heterocycles. The number of benzene rings is 6. The van der Waals surface area contributed by atoms with Crippen molar-refractivity contribution in [3.05, 3.63) is 225 Å². The molecule has 352 valence electrons. The predicted molar refractivity (Wildman–Crippen MR) is 275 cm³/mol. The van der Waals surface area contributed by atoms with Gasteiger partial charge in [-0.3, -0.25) is 9.59 Å². The van der Waals surface area contributed by atoms with Gasteiger partial charge in [0, 0.05) is 24.0 Å². The standard InChI is InChI=1S/C22H24O4.C16H16.2C11H12O2/c1-13-5-9-15(10-6-13)17-19(21(23)25-3)18(20(17)22(24)26-4)16-11-7-14(2)8-12-16;1-13-3-7-15(8-4-13)11-12-16-9-5-14(2)6-10-16;2*1-9-3-5-10(6-4-9)7-8-11(12)13-2/h5-12,17-20H,1-4H3;3-12H,1-2H3;2*3-8H,1-2H3/b;12-11+;8-7+;8-7-. The van der Waals surface area contributed by atoms with E-state index in [1.165, 1.54) is 74.0 Å². The molecule has 7 rings (SSSR count). The summed E-state index contributed by atoms with van der Waals surface area (Å²) in [6, 6.07) is 48.8. The maximum Gasteiger partial charge on any atom is 0.330 e. The molecule has 0 aliphatic heterocycles. The Bertz CT molecular complexity index is 2410. The van der Waals surface area contributed by atoms with Crippen molar-refractivity contribution in [2.45, 2.75) is 53.4 Å². The molecule has 1 aliphatic carbocycles. The first-order valence-electron chi connectivity index (χ1n) is 22.4. The van der Waals surface area contributed by atoms with E-state index in [9.17, 15) is 19.2 Å². The van der Waals surface area contributed by atoms with E-state index in [2.05, 4.69) is 84.0 Å². The van der Waals surface area contributed by atoms with Crippen molar-refractivity contribution in [2.24, 2.45) is 11.8 Å². The fraction of sp³-hybridized carbons (Fsp3) is 0.233. The Labute approximate surface area is 403 Å². The molecule has 68 heavy (non-hydrogen) atoms. The summed E-state index contributed by atoms with van der Waals surface area (Å²) in [5.41, 5.74) is 13.7. The van der Waals surface area contributed by atoms with Crippen LogP contribution in [0.15, 0.2) is 158 Å². The smallest absolute Gasteiger partial charge is 0.330 e. The zero-order valence-corrected chi connectivity index (χ0v) is 40.9. The highest BCUT2D eigenvalue weighted by molar-refractivity contribution is 5.87. The number of esters is 4. The van der Waals surface area contributed by atoms with Gasteiger partial charge in [0.05, 0.1) is 40.3 Å². The fourth-order valence-corrected chi connectivity index (χ4v) is 7.38. The molecule has 0 aromatic heterocycles. The summed E-state index contributed by atoms with van der Waals surface area (Å²) in [7, 11) is 5.52. The Morgan fingerprint density at radius 1 is 0.324 bits per heavy atom. The van der Waals surface area contributed by atoms with Crippen LogP contribution in [0.5, 0.6) is 0 Å². The summed E-state index contributed by atoms with van der Waals surface area (Å²) in [6.07, 6.45) is 10.6. The van der Waals surface area contributed by atoms with Crippen molar-refractivity contribution in [1.29, 1.82) is 0 Å². The van der Waals surface area contributed by atoms with Gasteiger partial charge in [0.1, 0.15) is 0 Å². The number of carbonyl (C=O) groups excluding carboxylic acids is 4. The zero-order valence-electron chi connectivity index (χ0n) is 40.9. The molecule has 0 radical (unpaired) electrons. The Morgan fingerprint density at radius 2 is 0.544 bits per heavy atom. The molecule has 6 aromatic rings. The lowest BCUT2D eigenvalue weighted by molar-refractivity contribution is -0.164. The van der Waals surface area contributed by atoms with Crippen LogP contribution in [0.25, 0.3) is 24.3 Å². The molecule has 6 aromatic carbocycles. The monoisotopic (exact) mass is 912 g/mol. The zero-order chi connectivity index (χ0) is 49.6. The molecule has 0 unspecified atom stereocenters. The van der Waals surface area contributed by atoms with Crippen LogP contribution in [0.3, 0.4) is 0 Å². The number of ether oxygens (including phenoxy) is 4. The highest BCUT2D eigenvalue weighted by atomic mass is 16.5. The van der Waals surface area contributed by atoms with E-state index < -0.39 is 11.8 Å². The number of rotatable bonds is 10. The average Bonchev–Trinajstić information content (AvgIpc) is 3.35. The summed E-state index contributed by atoms with van der Waals surface area (Å²) >= 11 is 0. The van der Waals surface area contributed by atoms with Crippen LogP contribution in [-0.4, -0.2) is 52.3 Å². The van der Waals surface area contributed by atoms with E-state index in [0.717, 1.165) is 33.4 Å². The lowest BCUT2D eigenvalue weighted by Gasteiger charge is -2.49. The van der Waals surface area contributed by atoms with Gasteiger partial charge in [0.2, 0.25) is 0 Å². The van der Waals surface area contributed by atoms with Crippen LogP contribution in [0.1, 0.15) is 78.6 Å². The van der Waals surface area contributed by atoms with E-state index in [1.54, 1.807) is 12.2 Å². The molecular weight excluding hydrogens is 849 g/mol. The molecule has 0 spiro atoms. The van der Waals surface area contributed by atoms with Crippen molar-refractivity contribution in [3.8, 4) is 0 Å². The van der Waals surface area contributed by atoms with Gasteiger partial charge in [-0.15, -0.1) is 0 Å². The van der Waals surface area contributed by atoms with E-state index in [0.29, 0.717) is 0 Å². The van der Waals surface area contributed by atoms with Crippen molar-refractivity contribution >= 4 is 48.2 Å². The van der Waals surface area contributed by atoms with Crippen molar-refractivity contribution < 1.29 is 38.1 Å². The van der Waals surface area contributed by atoms with Gasteiger partial charge in [-0.05, 0) is 87.1 Å². The maximum absolute atomic E-state index is 12.6. The topological polar surface area (TPSA) is 105 Å². The van der Waals surface area contributed by atoms with Gasteiger partial charge in [-0.1, -0.05) is 191 Å². The Balaban J connectivity index is 0.000000208. The van der Waals surface area contributed by atoms with Gasteiger partial charge >= 0.3 is 23.9 Å². The minimum atomic E-state index is -0.408. The SMILES string of the molecule is COC(=O)/C=C/c1ccc(C)cc1.COC(=O)/C=C\c1ccc(C)cc1.COC(=O)C1C(c2ccc(C)cc2)C(C(=O)OC)C1c1ccc(C)cc1.Cc1ccc(/C=C/c2ccc(C)cc2)cc1. The molecule has 0 N–H and O–H groups in total. The van der Waals surface area contributed by atoms with Crippen molar-refractivity contribution in [2.75, 3.05) is 28.4 Å². The molecule has 0 atom stereocenters. The van der Waals surface area contributed by atoms with Gasteiger partial charge in [0.15, 0.2) is 0 Å². The molecule has 1 fully saturated rings. The summed E-state index contributed by atoms with van der Waals surface area (Å²) in [4.78, 5) is 46.6. The van der Waals surface area contributed by atoms with Crippen LogP contribution in [-0.2, 0) is 38.1 Å². The average molecular weight is 913 g/mol. The third kappa shape index (κ3) is 16.7. The number of hydrogen-bond acceptors (Lipinski definition) is 8. The second-order valence-electron chi connectivity index (χ2n) is 16.7. The predicted octanol–water partition coefficient (Wildman–Crippen LogP) is 12.6. The van der Waals surface area contributed by atoms with Crippen LogP contribution in [0.2, 0.25) is 0 Å². The molecular formula is C60H64O8. The second kappa shape index (κ2) is 27.2. The minimum absolute atomic E-state index is 0.248. The van der Waals surface area contributed by atoms with Crippen molar-refractivity contribution in [1.82, 2.24) is 0 Å². The highest BCUT2D eigenvalue weighted by Crippen LogP contribution is 2.58. The van der Waals surface area contributed by atoms with Gasteiger partial charge in [0.25, 0.3) is 0 Å². The van der Waals surface area contributed by atoms with Crippen LogP contribution in [0, 0.1) is 53.4 Å². The minimum Gasteiger partial charge on any atom is -0.469 e. The Kier molecular flexibility index (Phi) is 21.2. The summed E-state index contributed by atoms with van der Waals surface area (Å²) in [5, 5.41) is 0. The molecule has 0 bridgehead atoms. The molecule has 0 amide bonds. The van der Waals surface area contributed by atoms with Gasteiger partial charge < -0.3 is 18.9 Å². The first-order valence-corrected chi connectivity index (χ1v) is 22.4. The molecule has 0 heterocycles. The number of carbonyl (C=O) groups is 4. The largest absolute Gasteiger partial charge is 0.469 e. The number of aryl methyl sites for hydroxylation is 6. The summed E-state index contributed by atoms with van der Waals surface area (Å²) in [6.45, 7) is 12.3. The first kappa shape index (κ1) is 53.0. The molecule has 1 saturated carbocycles. The van der Waals surface area contributed by atoms with E-state index in [-0.39, 0.29) is 35.7 Å². The quantitative estimate of drug-likeness (QED) is 0.0579. The highest BCUT2D eigenvalue weighted by Gasteiger charge is 2.59. The third-order valence-corrected chi connectivity index (χ3v) is 11.4. The number of hydrogen-bond donors (Lipinski definition) is 0. The first-order chi connectivity index (χ1) is 32.6. The fourth-order valence-electron chi connectivity index (χ4n) is 7.38.